The van der Waals surface area contributed by atoms with Crippen LogP contribution in [0, 0.1) is 0 Å². The first-order valence-electron chi connectivity index (χ1n) is 9.81. The molecule has 30 heavy (non-hydrogen) atoms. The minimum atomic E-state index is -3.12. The molecule has 0 N–H and O–H groups in total. The van der Waals surface area contributed by atoms with Gasteiger partial charge in [-0.3, -0.25) is 4.79 Å². The van der Waals surface area contributed by atoms with Crippen molar-refractivity contribution in [3.05, 3.63) is 54.1 Å². The van der Waals surface area contributed by atoms with Crippen molar-refractivity contribution in [3.8, 4) is 11.5 Å². The number of carbonyl (C=O) groups is 1. The number of benzene rings is 2. The molecule has 1 fully saturated rings. The largest absolute Gasteiger partial charge is 0.493 e. The zero-order chi connectivity index (χ0) is 21.7. The second-order valence-electron chi connectivity index (χ2n) is 7.58. The summed E-state index contributed by atoms with van der Waals surface area (Å²) in [5.41, 5.74) is 2.00. The predicted octanol–water partition coefficient (Wildman–Crippen LogP) is 2.36. The van der Waals surface area contributed by atoms with E-state index >= 15 is 0 Å². The van der Waals surface area contributed by atoms with Crippen LogP contribution in [-0.4, -0.2) is 64.6 Å². The van der Waals surface area contributed by atoms with E-state index in [2.05, 4.69) is 0 Å². The Labute approximate surface area is 178 Å². The topological polar surface area (TPSA) is 76.2 Å². The Balaban J connectivity index is 1.75. The molecule has 0 aromatic heterocycles. The van der Waals surface area contributed by atoms with Gasteiger partial charge in [-0.25, -0.2) is 8.42 Å². The quantitative estimate of drug-likeness (QED) is 0.637. The normalized spacial score (nSPS) is 17.4. The van der Waals surface area contributed by atoms with Crippen LogP contribution in [0.4, 0.5) is 5.69 Å². The lowest BCUT2D eigenvalue weighted by Crippen LogP contribution is -2.43. The van der Waals surface area contributed by atoms with Crippen LogP contribution in [0.15, 0.2) is 48.5 Å². The van der Waals surface area contributed by atoms with Crippen LogP contribution in [0.5, 0.6) is 11.5 Å². The van der Waals surface area contributed by atoms with E-state index in [-0.39, 0.29) is 30.1 Å². The summed E-state index contributed by atoms with van der Waals surface area (Å²) in [5, 5.41) is 0. The molecular weight excluding hydrogens is 404 g/mol. The number of amides is 1. The summed E-state index contributed by atoms with van der Waals surface area (Å²) in [5.74, 6) is 0.860. The number of hydrogen-bond donors (Lipinski definition) is 0. The molecule has 1 aliphatic heterocycles. The number of ether oxygens (including phenoxy) is 2. The molecule has 1 saturated heterocycles. The number of nitrogens with zero attached hydrogens (tertiary/aromatic N) is 2. The zero-order valence-electron chi connectivity index (χ0n) is 17.6. The first-order chi connectivity index (χ1) is 14.3. The van der Waals surface area contributed by atoms with Crippen LogP contribution in [0.25, 0.3) is 0 Å². The van der Waals surface area contributed by atoms with Crippen molar-refractivity contribution in [1.29, 1.82) is 0 Å². The molecule has 1 unspecified atom stereocenters. The van der Waals surface area contributed by atoms with Gasteiger partial charge in [0.2, 0.25) is 0 Å². The van der Waals surface area contributed by atoms with Gasteiger partial charge in [0.05, 0.1) is 18.6 Å². The maximum Gasteiger partial charge on any atom is 0.261 e. The number of carbonyl (C=O) groups excluding carboxylic acids is 1. The number of rotatable bonds is 8. The second kappa shape index (κ2) is 9.38. The highest BCUT2D eigenvalue weighted by Crippen LogP contribution is 2.26. The van der Waals surface area contributed by atoms with E-state index in [0.717, 1.165) is 11.3 Å². The second-order valence-corrected chi connectivity index (χ2v) is 9.81. The molecule has 0 spiro atoms. The molecule has 0 radical (unpaired) electrons. The molecule has 3 rings (SSSR count). The molecule has 7 nitrogen and oxygen atoms in total. The molecule has 0 saturated carbocycles. The molecule has 2 aromatic carbocycles. The Morgan fingerprint density at radius 2 is 1.73 bits per heavy atom. The Morgan fingerprint density at radius 1 is 1.07 bits per heavy atom. The van der Waals surface area contributed by atoms with Crippen molar-refractivity contribution in [2.24, 2.45) is 0 Å². The van der Waals surface area contributed by atoms with Crippen molar-refractivity contribution in [3.63, 3.8) is 0 Å². The van der Waals surface area contributed by atoms with Gasteiger partial charge in [-0.2, -0.15) is 0 Å². The minimum absolute atomic E-state index is 0.0107. The first-order valence-corrected chi connectivity index (χ1v) is 11.6. The summed E-state index contributed by atoms with van der Waals surface area (Å²) in [6.45, 7) is 0.148. The first kappa shape index (κ1) is 22.0. The summed E-state index contributed by atoms with van der Waals surface area (Å²) in [6, 6.07) is 14.6. The summed E-state index contributed by atoms with van der Waals surface area (Å²) in [7, 11) is 2.34. The zero-order valence-corrected chi connectivity index (χ0v) is 18.4. The molecule has 2 aromatic rings. The summed E-state index contributed by atoms with van der Waals surface area (Å²) < 4.78 is 35.0. The maximum atomic E-state index is 13.1. The van der Waals surface area contributed by atoms with Crippen molar-refractivity contribution < 1.29 is 22.7 Å². The lowest BCUT2D eigenvalue weighted by Gasteiger charge is -2.28. The predicted molar refractivity (Wildman–Crippen MR) is 117 cm³/mol. The van der Waals surface area contributed by atoms with Gasteiger partial charge in [-0.15, -0.1) is 0 Å². The number of hydrogen-bond acceptors (Lipinski definition) is 6. The van der Waals surface area contributed by atoms with Crippen LogP contribution >= 0.6 is 0 Å². The standard InChI is InChI=1S/C22H28N2O5S/c1-23(2)18-10-8-17(9-11-18)14-24(19-12-13-30(26,27)16-19)22(25)15-29-21-7-5-4-6-20(21)28-3/h4-11,19H,12-16H2,1-3H3. The van der Waals surface area contributed by atoms with Gasteiger partial charge in [0.1, 0.15) is 0 Å². The van der Waals surface area contributed by atoms with Crippen molar-refractivity contribution in [1.82, 2.24) is 4.90 Å². The van der Waals surface area contributed by atoms with E-state index in [0.29, 0.717) is 24.5 Å². The minimum Gasteiger partial charge on any atom is -0.493 e. The molecular formula is C22H28N2O5S. The lowest BCUT2D eigenvalue weighted by atomic mass is 10.1. The third-order valence-electron chi connectivity index (χ3n) is 5.20. The number of para-hydroxylation sites is 2. The molecule has 1 atom stereocenters. The van der Waals surface area contributed by atoms with Gasteiger partial charge in [0, 0.05) is 32.4 Å². The highest BCUT2D eigenvalue weighted by atomic mass is 32.2. The molecule has 1 heterocycles. The third-order valence-corrected chi connectivity index (χ3v) is 6.95. The summed E-state index contributed by atoms with van der Waals surface area (Å²) in [6.07, 6.45) is 0.443. The van der Waals surface area contributed by atoms with E-state index in [4.69, 9.17) is 9.47 Å². The van der Waals surface area contributed by atoms with Crippen LogP contribution in [0.2, 0.25) is 0 Å². The highest BCUT2D eigenvalue weighted by molar-refractivity contribution is 7.91. The summed E-state index contributed by atoms with van der Waals surface area (Å²) >= 11 is 0. The fourth-order valence-electron chi connectivity index (χ4n) is 3.50. The molecule has 1 amide bonds. The Kier molecular flexibility index (Phi) is 6.87. The van der Waals surface area contributed by atoms with E-state index < -0.39 is 9.84 Å². The van der Waals surface area contributed by atoms with Crippen molar-refractivity contribution in [2.75, 3.05) is 44.2 Å². The van der Waals surface area contributed by atoms with Gasteiger partial charge in [-0.1, -0.05) is 24.3 Å². The average Bonchev–Trinajstić information content (AvgIpc) is 3.10. The van der Waals surface area contributed by atoms with Gasteiger partial charge >= 0.3 is 0 Å². The molecule has 0 bridgehead atoms. The van der Waals surface area contributed by atoms with Crippen LogP contribution < -0.4 is 14.4 Å². The fourth-order valence-corrected chi connectivity index (χ4v) is 5.23. The molecule has 1 aliphatic rings. The maximum absolute atomic E-state index is 13.1. The SMILES string of the molecule is COc1ccccc1OCC(=O)N(Cc1ccc(N(C)C)cc1)C1CCS(=O)(=O)C1. The van der Waals surface area contributed by atoms with Gasteiger partial charge in [-0.05, 0) is 36.2 Å². The molecule has 0 aliphatic carbocycles. The fraction of sp³-hybridized carbons (Fsp3) is 0.409. The number of methoxy groups -OCH3 is 1. The Bertz CT molecular complexity index is 973. The monoisotopic (exact) mass is 432 g/mol. The van der Waals surface area contributed by atoms with Gasteiger partial charge in [0.15, 0.2) is 27.9 Å². The Morgan fingerprint density at radius 3 is 2.30 bits per heavy atom. The van der Waals surface area contributed by atoms with E-state index in [1.165, 1.54) is 7.11 Å². The highest BCUT2D eigenvalue weighted by Gasteiger charge is 2.34. The van der Waals surface area contributed by atoms with Crippen LogP contribution in [-0.2, 0) is 21.2 Å². The summed E-state index contributed by atoms with van der Waals surface area (Å²) in [4.78, 5) is 16.7. The van der Waals surface area contributed by atoms with E-state index in [9.17, 15) is 13.2 Å². The van der Waals surface area contributed by atoms with Crippen LogP contribution in [0.3, 0.4) is 0 Å². The molecule has 8 heteroatoms. The van der Waals surface area contributed by atoms with Crippen LogP contribution in [0.1, 0.15) is 12.0 Å². The van der Waals surface area contributed by atoms with Crippen molar-refractivity contribution in [2.45, 2.75) is 19.0 Å². The third kappa shape index (κ3) is 5.44. The van der Waals surface area contributed by atoms with E-state index in [1.807, 2.05) is 49.3 Å². The average molecular weight is 433 g/mol. The number of anilines is 1. The van der Waals surface area contributed by atoms with E-state index in [1.54, 1.807) is 23.1 Å². The number of sulfone groups is 1. The lowest BCUT2D eigenvalue weighted by molar-refractivity contribution is -0.136. The van der Waals surface area contributed by atoms with Gasteiger partial charge < -0.3 is 19.3 Å². The smallest absolute Gasteiger partial charge is 0.261 e. The molecule has 162 valence electrons. The van der Waals surface area contributed by atoms with Crippen molar-refractivity contribution >= 4 is 21.4 Å². The Hall–Kier alpha value is -2.74. The van der Waals surface area contributed by atoms with Gasteiger partial charge in [0.25, 0.3) is 5.91 Å².